The van der Waals surface area contributed by atoms with E-state index in [0.29, 0.717) is 17.8 Å². The Kier molecular flexibility index (Phi) is 13.4. The summed E-state index contributed by atoms with van der Waals surface area (Å²) in [5, 5.41) is 10.1. The van der Waals surface area contributed by atoms with E-state index >= 15 is 0 Å². The lowest BCUT2D eigenvalue weighted by Crippen LogP contribution is -2.36. The second-order valence-electron chi connectivity index (χ2n) is 23.8. The Morgan fingerprint density at radius 2 is 1.24 bits per heavy atom. The molecule has 0 fully saturated rings. The second kappa shape index (κ2) is 21.3. The van der Waals surface area contributed by atoms with Crippen LogP contribution in [-0.4, -0.2) is 6.04 Å². The fourth-order valence-corrected chi connectivity index (χ4v) is 14.9. The molecule has 0 saturated heterocycles. The summed E-state index contributed by atoms with van der Waals surface area (Å²) in [5.74, 6) is 1.51. The average molecular weight is 1060 g/mol. The van der Waals surface area contributed by atoms with Crippen LogP contribution in [0.15, 0.2) is 248 Å². The van der Waals surface area contributed by atoms with Crippen molar-refractivity contribution in [1.29, 1.82) is 0 Å². The molecule has 82 heavy (non-hydrogen) atoms. The molecule has 5 aliphatic carbocycles. The number of allylic oxidation sites excluding steroid dienone is 17. The molecule has 0 N–H and O–H groups in total. The van der Waals surface area contributed by atoms with E-state index in [1.54, 1.807) is 0 Å². The number of hydrogen-bond acceptors (Lipinski definition) is 2. The van der Waals surface area contributed by atoms with Crippen LogP contribution in [0.2, 0.25) is 0 Å². The number of fused-ring (bicyclic) bond motifs is 2. The second-order valence-corrected chi connectivity index (χ2v) is 23.8. The third kappa shape index (κ3) is 9.05. The summed E-state index contributed by atoms with van der Waals surface area (Å²) in [6.07, 6.45) is 40.7. The summed E-state index contributed by atoms with van der Waals surface area (Å²) >= 11 is 0. The van der Waals surface area contributed by atoms with Crippen molar-refractivity contribution in [3.05, 3.63) is 281 Å². The van der Waals surface area contributed by atoms with E-state index in [-0.39, 0.29) is 12.0 Å². The molecule has 2 nitrogen and oxygen atoms in total. The molecule has 9 aromatic rings. The van der Waals surface area contributed by atoms with E-state index in [1.165, 1.54) is 133 Å². The van der Waals surface area contributed by atoms with Crippen LogP contribution in [0.3, 0.4) is 0 Å². The van der Waals surface area contributed by atoms with E-state index in [0.717, 1.165) is 37.8 Å². The van der Waals surface area contributed by atoms with Crippen LogP contribution >= 0.6 is 0 Å². The van der Waals surface area contributed by atoms with Gasteiger partial charge in [-0.2, -0.15) is 0 Å². The number of nitrogens with zero attached hydrogens (tertiary/aromatic N) is 2. The first-order valence-corrected chi connectivity index (χ1v) is 30.2. The normalized spacial score (nSPS) is 20.3. The van der Waals surface area contributed by atoms with Gasteiger partial charge in [-0.15, -0.1) is 0 Å². The zero-order valence-electron chi connectivity index (χ0n) is 48.3. The smallest absolute Gasteiger partial charge is 0.0566 e. The molecule has 14 rings (SSSR count). The molecule has 5 unspecified atom stereocenters. The molecule has 0 aromatic heterocycles. The van der Waals surface area contributed by atoms with Crippen LogP contribution in [0, 0.1) is 37.5 Å². The number of anilines is 4. The molecule has 0 saturated carbocycles. The average Bonchev–Trinajstić information content (AvgIpc) is 1.25. The minimum Gasteiger partial charge on any atom is -0.334 e. The first-order chi connectivity index (χ1) is 40.2. The van der Waals surface area contributed by atoms with E-state index < -0.39 is 0 Å². The van der Waals surface area contributed by atoms with Gasteiger partial charge >= 0.3 is 0 Å². The molecule has 2 heteroatoms. The summed E-state index contributed by atoms with van der Waals surface area (Å²) in [7, 11) is 0. The van der Waals surface area contributed by atoms with Gasteiger partial charge in [0.25, 0.3) is 0 Å². The molecule has 402 valence electrons. The van der Waals surface area contributed by atoms with Crippen LogP contribution < -0.4 is 9.80 Å². The van der Waals surface area contributed by atoms with E-state index in [2.05, 4.69) is 288 Å². The van der Waals surface area contributed by atoms with Crippen molar-refractivity contribution in [2.75, 3.05) is 9.80 Å². The first kappa shape index (κ1) is 51.4. The van der Waals surface area contributed by atoms with Crippen molar-refractivity contribution in [3.63, 3.8) is 0 Å². The Morgan fingerprint density at radius 1 is 0.537 bits per heavy atom. The fourth-order valence-electron chi connectivity index (χ4n) is 14.9. The lowest BCUT2D eigenvalue weighted by atomic mass is 9.79. The predicted octanol–water partition coefficient (Wildman–Crippen LogP) is 21.8. The Labute approximate surface area is 485 Å². The van der Waals surface area contributed by atoms with Crippen molar-refractivity contribution in [3.8, 4) is 11.1 Å². The Balaban J connectivity index is 1.10. The highest BCUT2D eigenvalue weighted by atomic mass is 15.2. The molecular weight excluding hydrogens is 989 g/mol. The maximum atomic E-state index is 2.74. The van der Waals surface area contributed by atoms with Crippen molar-refractivity contribution in [2.45, 2.75) is 79.7 Å². The maximum Gasteiger partial charge on any atom is 0.0566 e. The molecule has 0 spiro atoms. The van der Waals surface area contributed by atoms with Crippen LogP contribution in [0.25, 0.3) is 70.9 Å². The predicted molar refractivity (Wildman–Crippen MR) is 355 cm³/mol. The number of rotatable bonds is 12. The van der Waals surface area contributed by atoms with Gasteiger partial charge in [-0.1, -0.05) is 215 Å². The van der Waals surface area contributed by atoms with Crippen molar-refractivity contribution >= 4 is 82.6 Å². The van der Waals surface area contributed by atoms with Gasteiger partial charge in [-0.05, 0) is 196 Å². The van der Waals surface area contributed by atoms with Gasteiger partial charge < -0.3 is 9.80 Å². The SMILES string of the molecule is CCc1c(C)cc(N(c2cccc(C3=CC=CCC3)c2)c2cc(-c3ccc4ccccc4c3)c3ccc4c(N(C5=CC(C)C(CC)C(C)=C5)C5C=CC=C(c6ccccc6)C5)cc(C5=CC6C=CC=CC6C=C5)c5ccc2c3c54)cc1C. The Bertz CT molecular complexity index is 4320. The van der Waals surface area contributed by atoms with Gasteiger partial charge in [0.05, 0.1) is 17.4 Å². The number of benzene rings is 9. The van der Waals surface area contributed by atoms with Crippen LogP contribution in [0.5, 0.6) is 0 Å². The molecule has 5 aliphatic rings. The van der Waals surface area contributed by atoms with Crippen LogP contribution in [0.4, 0.5) is 22.7 Å². The molecule has 0 bridgehead atoms. The molecule has 0 radical (unpaired) electrons. The lowest BCUT2D eigenvalue weighted by molar-refractivity contribution is 0.460. The monoisotopic (exact) mass is 1060 g/mol. The molecule has 9 aromatic carbocycles. The van der Waals surface area contributed by atoms with E-state index in [9.17, 15) is 0 Å². The van der Waals surface area contributed by atoms with Crippen molar-refractivity contribution in [1.82, 2.24) is 0 Å². The minimum atomic E-state index is 0.0534. The molecular formula is C80H72N2. The fraction of sp³-hybridized carbons (Fsp3) is 0.200. The third-order valence-corrected chi connectivity index (χ3v) is 18.9. The van der Waals surface area contributed by atoms with Gasteiger partial charge in [0, 0.05) is 50.5 Å². The quantitative estimate of drug-likeness (QED) is 0.113. The standard InChI is InChI=1S/C80H72N2/c1-7-69-51(3)41-67(42-52(69)4)81(65-31-19-29-61(47-65)55-21-11-9-12-22-55)77-49-75(63-35-33-57-25-15-17-27-59(57)45-63)71-38-40-74-78(50-76(72-37-39-73(77)79(71)80(72)74)64-36-34-58-26-16-18-28-60(58)46-64)82(68-43-53(5)70(8-2)54(6)44-68)66-32-20-30-62(48-66)56-23-13-10-14-24-56/h9-13,15-23,25-46,48-51,57,59,65,69H,7-8,14,24,47H2,1-6H3. The zero-order valence-corrected chi connectivity index (χ0v) is 48.3. The number of hydrogen-bond donors (Lipinski definition) is 0. The van der Waals surface area contributed by atoms with Gasteiger partial charge in [0.2, 0.25) is 0 Å². The molecule has 0 amide bonds. The van der Waals surface area contributed by atoms with E-state index in [4.69, 9.17) is 0 Å². The topological polar surface area (TPSA) is 6.48 Å². The summed E-state index contributed by atoms with van der Waals surface area (Å²) in [4.78, 5) is 5.34. The highest BCUT2D eigenvalue weighted by Crippen LogP contribution is 2.53. The molecule has 5 atom stereocenters. The molecule has 0 heterocycles. The van der Waals surface area contributed by atoms with Crippen molar-refractivity contribution in [2.24, 2.45) is 23.7 Å². The van der Waals surface area contributed by atoms with Gasteiger partial charge in [0.15, 0.2) is 0 Å². The lowest BCUT2D eigenvalue weighted by Gasteiger charge is -2.39. The summed E-state index contributed by atoms with van der Waals surface area (Å²) in [6, 6.07) is 56.3. The van der Waals surface area contributed by atoms with E-state index in [1.807, 2.05) is 0 Å². The Morgan fingerprint density at radius 3 is 2.00 bits per heavy atom. The van der Waals surface area contributed by atoms with Gasteiger partial charge in [-0.25, -0.2) is 0 Å². The third-order valence-electron chi connectivity index (χ3n) is 18.9. The summed E-state index contributed by atoms with van der Waals surface area (Å²) < 4.78 is 0. The summed E-state index contributed by atoms with van der Waals surface area (Å²) in [5.41, 5.74) is 21.8. The van der Waals surface area contributed by atoms with Crippen LogP contribution in [-0.2, 0) is 6.42 Å². The minimum absolute atomic E-state index is 0.0534. The summed E-state index contributed by atoms with van der Waals surface area (Å²) in [6.45, 7) is 14.1. The van der Waals surface area contributed by atoms with Gasteiger partial charge in [-0.3, -0.25) is 0 Å². The molecule has 0 aliphatic heterocycles. The largest absolute Gasteiger partial charge is 0.334 e. The highest BCUT2D eigenvalue weighted by molar-refractivity contribution is 6.32. The highest BCUT2D eigenvalue weighted by Gasteiger charge is 2.32. The zero-order chi connectivity index (χ0) is 55.6. The first-order valence-electron chi connectivity index (χ1n) is 30.2. The van der Waals surface area contributed by atoms with Crippen molar-refractivity contribution < 1.29 is 0 Å². The number of aryl methyl sites for hydroxylation is 2. The van der Waals surface area contributed by atoms with Crippen LogP contribution in [0.1, 0.15) is 86.8 Å². The maximum absolute atomic E-state index is 2.74. The van der Waals surface area contributed by atoms with Gasteiger partial charge in [0.1, 0.15) is 0 Å². The Hall–Kier alpha value is -8.72.